The molecule has 0 fully saturated rings. The van der Waals surface area contributed by atoms with Crippen molar-refractivity contribution >= 4 is 33.4 Å². The number of ether oxygens (including phenoxy) is 1. The van der Waals surface area contributed by atoms with Gasteiger partial charge in [-0.25, -0.2) is 4.39 Å². The maximum absolute atomic E-state index is 14.8. The minimum Gasteiger partial charge on any atom is -0.374 e. The second-order valence-corrected chi connectivity index (χ2v) is 8.20. The quantitative estimate of drug-likeness (QED) is 0.476. The highest BCUT2D eigenvalue weighted by molar-refractivity contribution is 9.10. The zero-order valence-corrected chi connectivity index (χ0v) is 18.4. The second kappa shape index (κ2) is 8.47. The number of halogens is 11. The van der Waals surface area contributed by atoms with Crippen molar-refractivity contribution in [3.8, 4) is 0 Å². The van der Waals surface area contributed by atoms with E-state index in [1.165, 1.54) is 12.2 Å². The van der Waals surface area contributed by atoms with E-state index < -0.39 is 62.1 Å². The molecule has 1 amide bonds. The maximum Gasteiger partial charge on any atom is 0.457 e. The second-order valence-electron chi connectivity index (χ2n) is 6.94. The van der Waals surface area contributed by atoms with Crippen LogP contribution in [0, 0.1) is 0 Å². The van der Waals surface area contributed by atoms with Crippen molar-refractivity contribution in [3.05, 3.63) is 56.6 Å². The van der Waals surface area contributed by atoms with Crippen LogP contribution in [0.25, 0.3) is 0 Å². The fraction of sp³-hybridized carbons (Fsp3) is 0.389. The molecule has 0 spiro atoms. The van der Waals surface area contributed by atoms with Gasteiger partial charge in [0.1, 0.15) is 6.10 Å². The van der Waals surface area contributed by atoms with Crippen molar-refractivity contribution < 1.29 is 49.0 Å². The van der Waals surface area contributed by atoms with Gasteiger partial charge in [0.15, 0.2) is 0 Å². The highest BCUT2D eigenvalue weighted by Crippen LogP contribution is 2.59. The van der Waals surface area contributed by atoms with E-state index in [9.17, 15) is 44.3 Å². The fourth-order valence-corrected chi connectivity index (χ4v) is 4.70. The third kappa shape index (κ3) is 4.15. The number of primary amides is 1. The molecule has 1 aromatic rings. The summed E-state index contributed by atoms with van der Waals surface area (Å²) in [5, 5.41) is -0.927. The van der Waals surface area contributed by atoms with Crippen LogP contribution in [0.5, 0.6) is 0 Å². The lowest BCUT2D eigenvalue weighted by Crippen LogP contribution is -2.59. The van der Waals surface area contributed by atoms with Crippen LogP contribution in [0.1, 0.15) is 11.1 Å². The standard InChI is InChI=1S/C18H13BrClF9N2O2/c1-33-12-8(13(30)32)3-2-4-14(12,31)11-9(19)5-7(6-10(11)20)15(21,17(24,25)26)16(22,23)18(27,28)29/h2-6,12H,31H2,1H3,(H2,30,32). The largest absolute Gasteiger partial charge is 0.457 e. The lowest BCUT2D eigenvalue weighted by atomic mass is 9.77. The highest BCUT2D eigenvalue weighted by Gasteiger charge is 2.81. The number of carbonyl (C=O) groups excluding carboxylic acids is 1. The Kier molecular flexibility index (Phi) is 7.05. The van der Waals surface area contributed by atoms with Gasteiger partial charge < -0.3 is 16.2 Å². The molecule has 1 aromatic carbocycles. The number of hydrogen-bond acceptors (Lipinski definition) is 3. The van der Waals surface area contributed by atoms with Crippen molar-refractivity contribution in [3.63, 3.8) is 0 Å². The van der Waals surface area contributed by atoms with E-state index in [1.54, 1.807) is 0 Å². The summed E-state index contributed by atoms with van der Waals surface area (Å²) in [4.78, 5) is 11.7. The van der Waals surface area contributed by atoms with E-state index in [2.05, 4.69) is 15.9 Å². The molecular weight excluding hydrogens is 563 g/mol. The van der Waals surface area contributed by atoms with Gasteiger partial charge in [-0.05, 0) is 12.1 Å². The Bertz CT molecular complexity index is 1000. The molecule has 3 atom stereocenters. The minimum atomic E-state index is -6.90. The van der Waals surface area contributed by atoms with Crippen LogP contribution in [-0.4, -0.2) is 37.4 Å². The Morgan fingerprint density at radius 3 is 2.03 bits per heavy atom. The van der Waals surface area contributed by atoms with Gasteiger partial charge in [0.2, 0.25) is 5.91 Å². The molecule has 0 saturated carbocycles. The summed E-state index contributed by atoms with van der Waals surface area (Å²) in [5.41, 5.74) is 0.551. The Morgan fingerprint density at radius 1 is 1.09 bits per heavy atom. The average molecular weight is 576 g/mol. The van der Waals surface area contributed by atoms with Gasteiger partial charge in [0.05, 0.1) is 5.54 Å². The molecular formula is C18H13BrClF9N2O2. The average Bonchev–Trinajstić information content (AvgIpc) is 2.64. The number of methoxy groups -OCH3 is 1. The maximum atomic E-state index is 14.8. The monoisotopic (exact) mass is 574 g/mol. The molecule has 0 radical (unpaired) electrons. The van der Waals surface area contributed by atoms with Crippen LogP contribution in [0.4, 0.5) is 39.5 Å². The summed E-state index contributed by atoms with van der Waals surface area (Å²) < 4.78 is 125. The number of amides is 1. The van der Waals surface area contributed by atoms with Gasteiger partial charge in [0, 0.05) is 33.3 Å². The topological polar surface area (TPSA) is 78.3 Å². The van der Waals surface area contributed by atoms with Crippen molar-refractivity contribution in [1.29, 1.82) is 0 Å². The smallest absolute Gasteiger partial charge is 0.374 e. The molecule has 33 heavy (non-hydrogen) atoms. The van der Waals surface area contributed by atoms with E-state index in [0.717, 1.165) is 13.2 Å². The molecule has 0 aromatic heterocycles. The predicted molar refractivity (Wildman–Crippen MR) is 102 cm³/mol. The fourth-order valence-electron chi connectivity index (χ4n) is 3.39. The van der Waals surface area contributed by atoms with Crippen LogP contribution in [-0.2, 0) is 20.7 Å². The number of nitrogens with two attached hydrogens (primary N) is 2. The summed E-state index contributed by atoms with van der Waals surface area (Å²) in [6.45, 7) is 0. The van der Waals surface area contributed by atoms with Crippen LogP contribution in [0.15, 0.2) is 40.4 Å². The molecule has 2 rings (SSSR count). The molecule has 3 unspecified atom stereocenters. The lowest BCUT2D eigenvalue weighted by Gasteiger charge is -2.39. The zero-order chi connectivity index (χ0) is 25.8. The third-order valence-electron chi connectivity index (χ3n) is 4.94. The molecule has 1 aliphatic carbocycles. The normalized spacial score (nSPS) is 23.8. The Morgan fingerprint density at radius 2 is 1.64 bits per heavy atom. The summed E-state index contributed by atoms with van der Waals surface area (Å²) >= 11 is 8.64. The van der Waals surface area contributed by atoms with E-state index in [4.69, 9.17) is 27.8 Å². The lowest BCUT2D eigenvalue weighted by molar-refractivity contribution is -0.389. The Hall–Kier alpha value is -1.77. The van der Waals surface area contributed by atoms with Crippen LogP contribution in [0.2, 0.25) is 5.02 Å². The minimum absolute atomic E-state index is 0.0474. The first-order valence-corrected chi connectivity index (χ1v) is 9.65. The van der Waals surface area contributed by atoms with E-state index in [0.29, 0.717) is 0 Å². The Labute approximate surface area is 193 Å². The molecule has 0 aliphatic heterocycles. The van der Waals surface area contributed by atoms with Crippen LogP contribution < -0.4 is 11.5 Å². The van der Waals surface area contributed by atoms with Gasteiger partial charge in [0.25, 0.3) is 0 Å². The van der Waals surface area contributed by atoms with Crippen molar-refractivity contribution in [2.24, 2.45) is 11.5 Å². The number of carbonyl (C=O) groups is 1. The van der Waals surface area contributed by atoms with Crippen molar-refractivity contribution in [2.45, 2.75) is 35.6 Å². The van der Waals surface area contributed by atoms with Gasteiger partial charge in [-0.1, -0.05) is 45.8 Å². The van der Waals surface area contributed by atoms with Gasteiger partial charge in [-0.2, -0.15) is 35.1 Å². The van der Waals surface area contributed by atoms with Crippen molar-refractivity contribution in [2.75, 3.05) is 7.11 Å². The highest BCUT2D eigenvalue weighted by atomic mass is 79.9. The van der Waals surface area contributed by atoms with Gasteiger partial charge in [-0.15, -0.1) is 0 Å². The summed E-state index contributed by atoms with van der Waals surface area (Å²) in [6, 6.07) is -0.00198. The van der Waals surface area contributed by atoms with Crippen LogP contribution >= 0.6 is 27.5 Å². The first-order valence-electron chi connectivity index (χ1n) is 8.48. The molecule has 0 saturated heterocycles. The molecule has 184 valence electrons. The number of benzene rings is 1. The molecule has 0 heterocycles. The first kappa shape index (κ1) is 27.5. The summed E-state index contributed by atoms with van der Waals surface area (Å²) in [5.74, 6) is -7.89. The summed E-state index contributed by atoms with van der Waals surface area (Å²) in [7, 11) is 1.08. The van der Waals surface area contributed by atoms with E-state index >= 15 is 0 Å². The SMILES string of the molecule is COC1C(C(N)=O)=CC=CC1(N)c1c(Cl)cc(C(F)(C(F)(F)F)C(F)(F)C(F)(F)F)cc1Br. The zero-order valence-electron chi connectivity index (χ0n) is 16.1. The van der Waals surface area contributed by atoms with Gasteiger partial charge >= 0.3 is 23.9 Å². The number of allylic oxidation sites excluding steroid dienone is 2. The van der Waals surface area contributed by atoms with E-state index in [1.807, 2.05) is 0 Å². The van der Waals surface area contributed by atoms with Crippen molar-refractivity contribution in [1.82, 2.24) is 0 Å². The van der Waals surface area contributed by atoms with Crippen LogP contribution in [0.3, 0.4) is 0 Å². The Balaban J connectivity index is 2.81. The first-order chi connectivity index (χ1) is 14.8. The number of alkyl halides is 9. The van der Waals surface area contributed by atoms with Gasteiger partial charge in [-0.3, -0.25) is 4.79 Å². The molecule has 1 aliphatic rings. The molecule has 15 heteroatoms. The predicted octanol–water partition coefficient (Wildman–Crippen LogP) is 5.18. The molecule has 0 bridgehead atoms. The summed E-state index contributed by atoms with van der Waals surface area (Å²) in [6.07, 6.45) is -11.4. The number of hydrogen-bond donors (Lipinski definition) is 2. The van der Waals surface area contributed by atoms with E-state index in [-0.39, 0.29) is 17.7 Å². The molecule has 4 N–H and O–H groups in total. The third-order valence-corrected chi connectivity index (χ3v) is 5.86. The molecule has 4 nitrogen and oxygen atoms in total. The number of rotatable bonds is 5.